The minimum absolute atomic E-state index is 0.127. The van der Waals surface area contributed by atoms with Gasteiger partial charge < -0.3 is 5.32 Å². The Morgan fingerprint density at radius 1 is 1.33 bits per heavy atom. The van der Waals surface area contributed by atoms with Gasteiger partial charge in [0.2, 0.25) is 12.2 Å². The van der Waals surface area contributed by atoms with Gasteiger partial charge in [-0.1, -0.05) is 0 Å². The van der Waals surface area contributed by atoms with Crippen molar-refractivity contribution in [2.45, 2.75) is 6.92 Å². The number of amides is 1. The molecule has 1 aromatic rings. The van der Waals surface area contributed by atoms with E-state index in [1.54, 1.807) is 30.6 Å². The van der Waals surface area contributed by atoms with E-state index >= 15 is 0 Å². The number of nitrogens with one attached hydrogen (secondary N) is 1. The molecule has 0 aliphatic heterocycles. The summed E-state index contributed by atoms with van der Waals surface area (Å²) in [5.41, 5.74) is 1.16. The molecule has 0 bridgehead atoms. The highest BCUT2D eigenvalue weighted by atomic mass is 16.1. The molecule has 1 radical (unpaired) electrons. The Bertz CT molecular complexity index is 290. The number of benzene rings is 1. The third-order valence-electron chi connectivity index (χ3n) is 1.32. The van der Waals surface area contributed by atoms with Crippen LogP contribution in [0.2, 0.25) is 0 Å². The van der Waals surface area contributed by atoms with Crippen molar-refractivity contribution in [3.05, 3.63) is 29.8 Å². The summed E-state index contributed by atoms with van der Waals surface area (Å²) in [4.78, 5) is 20.7. The number of anilines is 1. The van der Waals surface area contributed by atoms with Crippen molar-refractivity contribution in [2.75, 3.05) is 5.32 Å². The highest BCUT2D eigenvalue weighted by Gasteiger charge is 1.94. The highest BCUT2D eigenvalue weighted by Crippen LogP contribution is 2.07. The van der Waals surface area contributed by atoms with Crippen molar-refractivity contribution < 1.29 is 9.59 Å². The van der Waals surface area contributed by atoms with E-state index in [9.17, 15) is 9.59 Å². The topological polar surface area (TPSA) is 46.2 Å². The van der Waals surface area contributed by atoms with E-state index in [0.717, 1.165) is 0 Å². The lowest BCUT2D eigenvalue weighted by Gasteiger charge is -1.99. The average Bonchev–Trinajstić information content (AvgIpc) is 2.05. The highest BCUT2D eigenvalue weighted by molar-refractivity contribution is 5.89. The maximum atomic E-state index is 10.6. The second-order valence-corrected chi connectivity index (χ2v) is 2.36. The van der Waals surface area contributed by atoms with Crippen LogP contribution in [0.3, 0.4) is 0 Å². The van der Waals surface area contributed by atoms with Crippen molar-refractivity contribution in [1.82, 2.24) is 0 Å². The van der Waals surface area contributed by atoms with Crippen LogP contribution < -0.4 is 5.32 Å². The first-order chi connectivity index (χ1) is 5.72. The van der Waals surface area contributed by atoms with Crippen LogP contribution in [0.15, 0.2) is 24.3 Å². The van der Waals surface area contributed by atoms with Crippen molar-refractivity contribution in [3.63, 3.8) is 0 Å². The molecule has 0 unspecified atom stereocenters. The van der Waals surface area contributed by atoms with Crippen LogP contribution in [0, 0.1) is 0 Å². The second kappa shape index (κ2) is 3.67. The number of carbonyl (C=O) groups excluding carboxylic acids is 2. The molecule has 1 amide bonds. The maximum absolute atomic E-state index is 10.6. The predicted octanol–water partition coefficient (Wildman–Crippen LogP) is 1.10. The molecule has 1 aromatic carbocycles. The van der Waals surface area contributed by atoms with Gasteiger partial charge in [-0.25, -0.2) is 0 Å². The minimum atomic E-state index is -0.127. The van der Waals surface area contributed by atoms with Gasteiger partial charge >= 0.3 is 0 Å². The van der Waals surface area contributed by atoms with Crippen molar-refractivity contribution in [3.8, 4) is 0 Å². The molecular formula is C9H8NO2. The van der Waals surface area contributed by atoms with E-state index in [2.05, 4.69) is 5.32 Å². The molecule has 0 aliphatic rings. The van der Waals surface area contributed by atoms with E-state index in [1.807, 2.05) is 0 Å². The molecule has 3 heteroatoms. The summed E-state index contributed by atoms with van der Waals surface area (Å²) in [5.74, 6) is -0.127. The third kappa shape index (κ3) is 2.20. The van der Waals surface area contributed by atoms with Gasteiger partial charge in [0.15, 0.2) is 0 Å². The summed E-state index contributed by atoms with van der Waals surface area (Å²) in [6.45, 7) is 1.43. The molecular weight excluding hydrogens is 154 g/mol. The predicted molar refractivity (Wildman–Crippen MR) is 45.5 cm³/mol. The van der Waals surface area contributed by atoms with E-state index in [0.29, 0.717) is 11.3 Å². The van der Waals surface area contributed by atoms with E-state index < -0.39 is 0 Å². The van der Waals surface area contributed by atoms with Crippen molar-refractivity contribution in [1.29, 1.82) is 0 Å². The number of rotatable bonds is 2. The quantitative estimate of drug-likeness (QED) is 0.707. The molecule has 12 heavy (non-hydrogen) atoms. The standard InChI is InChI=1S/C9H8NO2/c1-7(12)10-9-4-2-8(6-11)3-5-9/h2-5H,1H3,(H,10,12). The molecule has 0 aromatic heterocycles. The SMILES string of the molecule is CC(=O)Nc1ccc([C]=O)cc1. The molecule has 1 rings (SSSR count). The van der Waals surface area contributed by atoms with Gasteiger partial charge in [0.25, 0.3) is 0 Å². The Morgan fingerprint density at radius 3 is 2.33 bits per heavy atom. The van der Waals surface area contributed by atoms with Gasteiger partial charge in [0.1, 0.15) is 0 Å². The Morgan fingerprint density at radius 2 is 1.92 bits per heavy atom. The molecule has 0 heterocycles. The zero-order valence-electron chi connectivity index (χ0n) is 6.63. The summed E-state index contributed by atoms with van der Waals surface area (Å²) in [7, 11) is 0. The lowest BCUT2D eigenvalue weighted by molar-refractivity contribution is -0.114. The van der Waals surface area contributed by atoms with Crippen LogP contribution in [0.1, 0.15) is 12.5 Å². The first-order valence-corrected chi connectivity index (χ1v) is 3.48. The molecule has 3 nitrogen and oxygen atoms in total. The largest absolute Gasteiger partial charge is 0.326 e. The van der Waals surface area contributed by atoms with Crippen LogP contribution in [0.5, 0.6) is 0 Å². The number of hydrogen-bond acceptors (Lipinski definition) is 2. The fourth-order valence-corrected chi connectivity index (χ4v) is 0.825. The van der Waals surface area contributed by atoms with Gasteiger partial charge in [0, 0.05) is 18.2 Å². The molecule has 0 aliphatic carbocycles. The number of hydrogen-bond donors (Lipinski definition) is 1. The molecule has 1 N–H and O–H groups in total. The Balaban J connectivity index is 2.77. The lowest BCUT2D eigenvalue weighted by atomic mass is 10.2. The van der Waals surface area contributed by atoms with Crippen LogP contribution in [0.4, 0.5) is 5.69 Å². The Kier molecular flexibility index (Phi) is 2.58. The van der Waals surface area contributed by atoms with Gasteiger partial charge in [-0.3, -0.25) is 9.59 Å². The van der Waals surface area contributed by atoms with Crippen molar-refractivity contribution >= 4 is 17.9 Å². The third-order valence-corrected chi connectivity index (χ3v) is 1.32. The monoisotopic (exact) mass is 162 g/mol. The number of carbonyl (C=O) groups is 1. The van der Waals surface area contributed by atoms with Crippen LogP contribution >= 0.6 is 0 Å². The summed E-state index contributed by atoms with van der Waals surface area (Å²) in [6.07, 6.45) is 1.74. The summed E-state index contributed by atoms with van der Waals surface area (Å²) in [6, 6.07) is 6.50. The lowest BCUT2D eigenvalue weighted by Crippen LogP contribution is -2.05. The average molecular weight is 162 g/mol. The first kappa shape index (κ1) is 8.46. The van der Waals surface area contributed by atoms with Crippen LogP contribution in [-0.2, 0) is 9.59 Å². The van der Waals surface area contributed by atoms with Gasteiger partial charge in [-0.2, -0.15) is 0 Å². The summed E-state index contributed by atoms with van der Waals surface area (Å²) in [5, 5.41) is 2.59. The molecule has 0 saturated heterocycles. The van der Waals surface area contributed by atoms with Crippen LogP contribution in [-0.4, -0.2) is 12.2 Å². The van der Waals surface area contributed by atoms with E-state index in [4.69, 9.17) is 0 Å². The first-order valence-electron chi connectivity index (χ1n) is 3.48. The minimum Gasteiger partial charge on any atom is -0.326 e. The fraction of sp³-hybridized carbons (Fsp3) is 0.111. The molecule has 0 spiro atoms. The molecule has 61 valence electrons. The summed E-state index contributed by atoms with van der Waals surface area (Å²) < 4.78 is 0. The van der Waals surface area contributed by atoms with Crippen molar-refractivity contribution in [2.24, 2.45) is 0 Å². The zero-order valence-corrected chi connectivity index (χ0v) is 6.63. The molecule has 0 atom stereocenters. The fourth-order valence-electron chi connectivity index (χ4n) is 0.825. The molecule has 0 fully saturated rings. The Hall–Kier alpha value is -1.64. The van der Waals surface area contributed by atoms with Crippen LogP contribution in [0.25, 0.3) is 0 Å². The molecule has 0 saturated carbocycles. The maximum Gasteiger partial charge on any atom is 0.233 e. The normalized spacial score (nSPS) is 9.08. The van der Waals surface area contributed by atoms with E-state index in [-0.39, 0.29) is 5.91 Å². The smallest absolute Gasteiger partial charge is 0.233 e. The van der Waals surface area contributed by atoms with E-state index in [1.165, 1.54) is 6.92 Å². The van der Waals surface area contributed by atoms with Gasteiger partial charge in [0.05, 0.1) is 0 Å². The Labute approximate surface area is 70.4 Å². The van der Waals surface area contributed by atoms with Gasteiger partial charge in [-0.05, 0) is 24.3 Å². The zero-order chi connectivity index (χ0) is 8.97. The summed E-state index contributed by atoms with van der Waals surface area (Å²) >= 11 is 0. The second-order valence-electron chi connectivity index (χ2n) is 2.36. The van der Waals surface area contributed by atoms with Gasteiger partial charge in [-0.15, -0.1) is 0 Å².